The number of aliphatic hydroxyl groups excluding tert-OH is 3. The van der Waals surface area contributed by atoms with Crippen LogP contribution in [0.25, 0.3) is 0 Å². The standard InChI is InChI=1S/C40H50N2O11/c43-25-32-37(47)38(48)36(42-33(44)21-13-2-1-3-14-22-41-39(49)30-19-11-6-12-20-30)40(53-32)52-31(23-34(45)50-26-28-15-7-4-8-16-28)24-35(46)51-27-29-17-9-5-10-18-29/h4-12,15-20,31-32,36-38,40,43,47-48H,1-3,13-14,21-27H2,(H,41,49)(H,42,44)/t32-,36+,37-,38-,40+/m1/s1. The first-order chi connectivity index (χ1) is 25.7. The van der Waals surface area contributed by atoms with Crippen LogP contribution in [-0.2, 0) is 46.5 Å². The lowest BCUT2D eigenvalue weighted by atomic mass is 9.96. The van der Waals surface area contributed by atoms with Crippen molar-refractivity contribution in [3.63, 3.8) is 0 Å². The molecule has 3 aromatic carbocycles. The molecule has 1 aliphatic rings. The van der Waals surface area contributed by atoms with E-state index < -0.39 is 74.0 Å². The van der Waals surface area contributed by atoms with Crippen LogP contribution < -0.4 is 10.6 Å². The minimum Gasteiger partial charge on any atom is -0.461 e. The molecule has 53 heavy (non-hydrogen) atoms. The summed E-state index contributed by atoms with van der Waals surface area (Å²) in [5, 5.41) is 37.0. The molecule has 4 rings (SSSR count). The molecule has 0 spiro atoms. The van der Waals surface area contributed by atoms with Crippen molar-refractivity contribution in [2.75, 3.05) is 13.2 Å². The smallest absolute Gasteiger partial charge is 0.308 e. The summed E-state index contributed by atoms with van der Waals surface area (Å²) in [4.78, 5) is 51.1. The predicted molar refractivity (Wildman–Crippen MR) is 193 cm³/mol. The average Bonchev–Trinajstić information content (AvgIpc) is 3.18. The fraction of sp³-hybridized carbons (Fsp3) is 0.450. The molecule has 286 valence electrons. The summed E-state index contributed by atoms with van der Waals surface area (Å²) in [7, 11) is 0. The summed E-state index contributed by atoms with van der Waals surface area (Å²) >= 11 is 0. The lowest BCUT2D eigenvalue weighted by Crippen LogP contribution is -2.65. The number of carbonyl (C=O) groups is 4. The number of amides is 2. The highest BCUT2D eigenvalue weighted by atomic mass is 16.7. The van der Waals surface area contributed by atoms with Gasteiger partial charge in [0.25, 0.3) is 5.91 Å². The first kappa shape index (κ1) is 41.1. The van der Waals surface area contributed by atoms with Gasteiger partial charge < -0.3 is 44.9 Å². The SMILES string of the molecule is O=C(CCCCCCCNC(=O)c1ccccc1)N[C@@H]1[C@@H](OC(CC(=O)OCc2ccccc2)CC(=O)OCc2ccccc2)O[C@H](CO)[C@@H](O)[C@@H]1O. The molecule has 0 unspecified atom stereocenters. The maximum Gasteiger partial charge on any atom is 0.308 e. The molecule has 2 amide bonds. The van der Waals surface area contributed by atoms with Crippen molar-refractivity contribution in [2.24, 2.45) is 0 Å². The Balaban J connectivity index is 1.30. The number of hydrogen-bond donors (Lipinski definition) is 5. The number of rotatable bonds is 21. The third-order valence-electron chi connectivity index (χ3n) is 8.71. The molecular formula is C40H50N2O11. The van der Waals surface area contributed by atoms with Crippen LogP contribution in [0.5, 0.6) is 0 Å². The second kappa shape index (κ2) is 22.4. The molecule has 3 aromatic rings. The third kappa shape index (κ3) is 14.4. The van der Waals surface area contributed by atoms with E-state index in [9.17, 15) is 34.5 Å². The van der Waals surface area contributed by atoms with Crippen LogP contribution in [0.1, 0.15) is 72.9 Å². The number of nitrogens with one attached hydrogen (secondary N) is 2. The predicted octanol–water partition coefficient (Wildman–Crippen LogP) is 3.33. The van der Waals surface area contributed by atoms with E-state index in [4.69, 9.17) is 18.9 Å². The fourth-order valence-corrected chi connectivity index (χ4v) is 5.77. The molecule has 1 fully saturated rings. The summed E-state index contributed by atoms with van der Waals surface area (Å²) < 4.78 is 22.7. The summed E-state index contributed by atoms with van der Waals surface area (Å²) in [5.41, 5.74) is 2.13. The Kier molecular flexibility index (Phi) is 17.4. The van der Waals surface area contributed by atoms with Gasteiger partial charge in [0.2, 0.25) is 5.91 Å². The van der Waals surface area contributed by atoms with Gasteiger partial charge in [-0.1, -0.05) is 98.1 Å². The molecule has 0 bridgehead atoms. The molecule has 13 nitrogen and oxygen atoms in total. The lowest BCUT2D eigenvalue weighted by molar-refractivity contribution is -0.282. The Hall–Kier alpha value is -4.66. The van der Waals surface area contributed by atoms with Crippen molar-refractivity contribution in [2.45, 2.75) is 101 Å². The summed E-state index contributed by atoms with van der Waals surface area (Å²) in [6.45, 7) is -0.141. The van der Waals surface area contributed by atoms with Crippen LogP contribution in [0.4, 0.5) is 0 Å². The van der Waals surface area contributed by atoms with E-state index >= 15 is 0 Å². The maximum absolute atomic E-state index is 13.0. The molecule has 5 N–H and O–H groups in total. The van der Waals surface area contributed by atoms with E-state index in [0.717, 1.165) is 36.8 Å². The van der Waals surface area contributed by atoms with Crippen molar-refractivity contribution in [1.29, 1.82) is 0 Å². The normalized spacial score (nSPS) is 19.7. The highest BCUT2D eigenvalue weighted by molar-refractivity contribution is 5.94. The molecule has 5 atom stereocenters. The second-order valence-corrected chi connectivity index (χ2v) is 12.9. The van der Waals surface area contributed by atoms with Crippen molar-refractivity contribution in [3.05, 3.63) is 108 Å². The molecule has 1 saturated heterocycles. The first-order valence-corrected chi connectivity index (χ1v) is 18.0. The highest BCUT2D eigenvalue weighted by Crippen LogP contribution is 2.25. The molecule has 13 heteroatoms. The number of aliphatic hydroxyl groups is 3. The number of carbonyl (C=O) groups excluding carboxylic acids is 4. The molecule has 0 radical (unpaired) electrons. The second-order valence-electron chi connectivity index (χ2n) is 12.9. The molecule has 0 aliphatic carbocycles. The molecule has 0 saturated carbocycles. The van der Waals surface area contributed by atoms with Crippen molar-refractivity contribution in [1.82, 2.24) is 10.6 Å². The Morgan fingerprint density at radius 2 is 1.23 bits per heavy atom. The number of hydrogen-bond acceptors (Lipinski definition) is 11. The average molecular weight is 735 g/mol. The Bertz CT molecular complexity index is 1490. The van der Waals surface area contributed by atoms with E-state index in [0.29, 0.717) is 18.5 Å². The van der Waals surface area contributed by atoms with Crippen LogP contribution in [0.3, 0.4) is 0 Å². The van der Waals surface area contributed by atoms with E-state index in [1.54, 1.807) is 60.7 Å². The minimum absolute atomic E-state index is 0.00816. The van der Waals surface area contributed by atoms with Gasteiger partial charge in [0, 0.05) is 18.5 Å². The van der Waals surface area contributed by atoms with Gasteiger partial charge in [-0.15, -0.1) is 0 Å². The van der Waals surface area contributed by atoms with Gasteiger partial charge in [-0.25, -0.2) is 0 Å². The van der Waals surface area contributed by atoms with E-state index in [1.165, 1.54) is 0 Å². The number of unbranched alkanes of at least 4 members (excludes halogenated alkanes) is 4. The van der Waals surface area contributed by atoms with Gasteiger partial charge in [0.05, 0.1) is 25.6 Å². The maximum atomic E-state index is 13.0. The van der Waals surface area contributed by atoms with Crippen LogP contribution in [0, 0.1) is 0 Å². The van der Waals surface area contributed by atoms with Crippen molar-refractivity contribution in [3.8, 4) is 0 Å². The van der Waals surface area contributed by atoms with Gasteiger partial charge >= 0.3 is 11.9 Å². The molecular weight excluding hydrogens is 684 g/mol. The number of esters is 2. The van der Waals surface area contributed by atoms with E-state index in [2.05, 4.69) is 10.6 Å². The largest absolute Gasteiger partial charge is 0.461 e. The third-order valence-corrected chi connectivity index (χ3v) is 8.71. The monoisotopic (exact) mass is 734 g/mol. The van der Waals surface area contributed by atoms with Crippen LogP contribution in [0.2, 0.25) is 0 Å². The van der Waals surface area contributed by atoms with Gasteiger partial charge in [0.15, 0.2) is 6.29 Å². The minimum atomic E-state index is -1.60. The Morgan fingerprint density at radius 3 is 1.79 bits per heavy atom. The zero-order chi connectivity index (χ0) is 37.8. The quantitative estimate of drug-likeness (QED) is 0.0798. The zero-order valence-corrected chi connectivity index (χ0v) is 29.7. The van der Waals surface area contributed by atoms with Gasteiger partial charge in [-0.05, 0) is 36.1 Å². The summed E-state index contributed by atoms with van der Waals surface area (Å²) in [6, 6.07) is 25.8. The lowest BCUT2D eigenvalue weighted by Gasteiger charge is -2.43. The highest BCUT2D eigenvalue weighted by Gasteiger charge is 2.46. The molecule has 1 aliphatic heterocycles. The topological polar surface area (TPSA) is 190 Å². The van der Waals surface area contributed by atoms with Crippen LogP contribution in [-0.4, -0.2) is 89.0 Å². The fourth-order valence-electron chi connectivity index (χ4n) is 5.77. The van der Waals surface area contributed by atoms with Crippen molar-refractivity contribution >= 4 is 23.8 Å². The van der Waals surface area contributed by atoms with Gasteiger partial charge in [0.1, 0.15) is 37.6 Å². The summed E-state index contributed by atoms with van der Waals surface area (Å²) in [5.74, 6) is -1.91. The van der Waals surface area contributed by atoms with Crippen LogP contribution in [0.15, 0.2) is 91.0 Å². The van der Waals surface area contributed by atoms with Gasteiger partial charge in [-0.2, -0.15) is 0 Å². The van der Waals surface area contributed by atoms with E-state index in [1.807, 2.05) is 30.3 Å². The number of benzene rings is 3. The summed E-state index contributed by atoms with van der Waals surface area (Å²) in [6.07, 6.45) is -3.95. The van der Waals surface area contributed by atoms with Crippen molar-refractivity contribution < 1.29 is 53.4 Å². The van der Waals surface area contributed by atoms with Gasteiger partial charge in [-0.3, -0.25) is 19.2 Å². The zero-order valence-electron chi connectivity index (χ0n) is 29.7. The Morgan fingerprint density at radius 1 is 0.698 bits per heavy atom. The molecule has 1 heterocycles. The molecule has 0 aromatic heterocycles. The first-order valence-electron chi connectivity index (χ1n) is 18.0. The number of ether oxygens (including phenoxy) is 4. The van der Waals surface area contributed by atoms with Crippen LogP contribution >= 0.6 is 0 Å². The Labute approximate surface area is 309 Å². The van der Waals surface area contributed by atoms with E-state index in [-0.39, 0.29) is 25.5 Å².